The Labute approximate surface area is 275 Å². The first-order chi connectivity index (χ1) is 22.2. The lowest BCUT2D eigenvalue weighted by molar-refractivity contribution is -0.175. The van der Waals surface area contributed by atoms with E-state index in [1.54, 1.807) is 4.90 Å². The highest BCUT2D eigenvalue weighted by atomic mass is 32.2. The van der Waals surface area contributed by atoms with E-state index in [1.807, 2.05) is 4.90 Å². The first-order valence-corrected chi connectivity index (χ1v) is 16.2. The summed E-state index contributed by atoms with van der Waals surface area (Å²) in [5.74, 6) is -4.72. The number of hydroxylamine groups is 1. The standard InChI is InChI=1S/C28H33N7O10S2/c1-28(2,26(43)44)45-32-18(15-12-47-27(29)30-15)21(38)31-19-23(40)35-20(25(41)42)14(11-46-24(19)35)10-33-5-7-34(8-6-33)22(39)13-3-4-16(36)17(37)9-13/h3-4,9,12,18-19,24,32,36-37H,5-8,10-11H2,1-2H3,(H2,29,30)(H,31,38)(H,41,42)(H,43,44)/t18?,19-,24-/m1/s1. The van der Waals surface area contributed by atoms with Gasteiger partial charge in [-0.15, -0.1) is 23.1 Å². The predicted molar refractivity (Wildman–Crippen MR) is 167 cm³/mol. The average Bonchev–Trinajstić information content (AvgIpc) is 3.46. The van der Waals surface area contributed by atoms with Crippen LogP contribution in [0.1, 0.15) is 35.9 Å². The molecule has 47 heavy (non-hydrogen) atoms. The lowest BCUT2D eigenvalue weighted by Crippen LogP contribution is -2.71. The molecule has 8 N–H and O–H groups in total. The zero-order valence-corrected chi connectivity index (χ0v) is 26.8. The van der Waals surface area contributed by atoms with Crippen LogP contribution in [0.4, 0.5) is 5.13 Å². The number of piperazine rings is 1. The first kappa shape index (κ1) is 33.9. The lowest BCUT2D eigenvalue weighted by Gasteiger charge is -2.50. The number of aliphatic carboxylic acids is 2. The molecule has 0 spiro atoms. The van der Waals surface area contributed by atoms with Crippen LogP contribution < -0.4 is 16.5 Å². The number of fused-ring (bicyclic) bond motifs is 1. The summed E-state index contributed by atoms with van der Waals surface area (Å²) in [6.07, 6.45) is 0. The number of benzene rings is 1. The summed E-state index contributed by atoms with van der Waals surface area (Å²) in [4.78, 5) is 77.5. The molecule has 2 saturated heterocycles. The molecule has 0 radical (unpaired) electrons. The number of carboxylic acid groups (broad SMARTS) is 2. The van der Waals surface area contributed by atoms with E-state index in [0.717, 1.165) is 16.2 Å². The van der Waals surface area contributed by atoms with Crippen molar-refractivity contribution in [2.24, 2.45) is 0 Å². The number of thiazole rings is 1. The Hall–Kier alpha value is -4.43. The number of nitrogen functional groups attached to an aromatic ring is 1. The highest BCUT2D eigenvalue weighted by Gasteiger charge is 2.54. The van der Waals surface area contributed by atoms with Crippen molar-refractivity contribution < 1.29 is 49.2 Å². The van der Waals surface area contributed by atoms with Gasteiger partial charge in [0.1, 0.15) is 17.1 Å². The second-order valence-electron chi connectivity index (χ2n) is 11.5. The van der Waals surface area contributed by atoms with Crippen molar-refractivity contribution in [2.75, 3.05) is 44.2 Å². The van der Waals surface area contributed by atoms with Crippen LogP contribution in [-0.4, -0.2) is 125 Å². The largest absolute Gasteiger partial charge is 0.504 e. The second-order valence-corrected chi connectivity index (χ2v) is 13.5. The number of carbonyl (C=O) groups is 5. The van der Waals surface area contributed by atoms with Crippen LogP contribution in [0.3, 0.4) is 0 Å². The van der Waals surface area contributed by atoms with Gasteiger partial charge in [-0.1, -0.05) is 0 Å². The van der Waals surface area contributed by atoms with E-state index < -0.39 is 52.6 Å². The number of nitrogens with zero attached hydrogens (tertiary/aromatic N) is 4. The van der Waals surface area contributed by atoms with Crippen molar-refractivity contribution in [3.8, 4) is 11.5 Å². The Morgan fingerprint density at radius 1 is 1.13 bits per heavy atom. The molecule has 1 aromatic heterocycles. The molecular weight excluding hydrogens is 658 g/mol. The molecule has 0 saturated carbocycles. The molecule has 2 fully saturated rings. The van der Waals surface area contributed by atoms with E-state index in [4.69, 9.17) is 10.6 Å². The van der Waals surface area contributed by atoms with Gasteiger partial charge in [0.2, 0.25) is 5.91 Å². The lowest BCUT2D eigenvalue weighted by atomic mass is 10.0. The van der Waals surface area contributed by atoms with Crippen molar-refractivity contribution >= 4 is 57.9 Å². The molecule has 3 aliphatic heterocycles. The minimum Gasteiger partial charge on any atom is -0.504 e. The summed E-state index contributed by atoms with van der Waals surface area (Å²) in [6, 6.07) is 1.47. The van der Waals surface area contributed by atoms with Gasteiger partial charge in [0, 0.05) is 49.4 Å². The van der Waals surface area contributed by atoms with Crippen LogP contribution in [0.5, 0.6) is 11.5 Å². The van der Waals surface area contributed by atoms with Crippen LogP contribution in [0.2, 0.25) is 0 Å². The number of phenols is 2. The van der Waals surface area contributed by atoms with E-state index in [9.17, 15) is 44.4 Å². The maximum Gasteiger partial charge on any atom is 0.352 e. The van der Waals surface area contributed by atoms with Crippen LogP contribution in [0.25, 0.3) is 0 Å². The fourth-order valence-electron chi connectivity index (χ4n) is 5.19. The molecule has 1 aromatic carbocycles. The molecule has 4 heterocycles. The van der Waals surface area contributed by atoms with Crippen molar-refractivity contribution in [1.29, 1.82) is 0 Å². The predicted octanol–water partition coefficient (Wildman–Crippen LogP) is -0.241. The van der Waals surface area contributed by atoms with Gasteiger partial charge >= 0.3 is 11.9 Å². The molecular formula is C28H33N7O10S2. The normalized spacial score (nSPS) is 20.8. The van der Waals surface area contributed by atoms with Gasteiger partial charge in [-0.3, -0.25) is 29.0 Å². The number of rotatable bonds is 11. The molecule has 3 atom stereocenters. The molecule has 0 bridgehead atoms. The summed E-state index contributed by atoms with van der Waals surface area (Å²) in [5.41, 5.74) is 7.17. The Morgan fingerprint density at radius 3 is 2.43 bits per heavy atom. The van der Waals surface area contributed by atoms with Gasteiger partial charge in [-0.2, -0.15) is 5.48 Å². The number of nitrogens with two attached hydrogens (primary N) is 1. The Bertz CT molecular complexity index is 1640. The van der Waals surface area contributed by atoms with Gasteiger partial charge in [-0.25, -0.2) is 14.6 Å². The number of hydrogen-bond acceptors (Lipinski definition) is 14. The van der Waals surface area contributed by atoms with E-state index in [-0.39, 0.29) is 46.0 Å². The van der Waals surface area contributed by atoms with Gasteiger partial charge in [0.05, 0.1) is 5.69 Å². The summed E-state index contributed by atoms with van der Waals surface area (Å²) in [6.45, 7) is 4.36. The molecule has 5 rings (SSSR count). The quantitative estimate of drug-likeness (QED) is 0.0913. The summed E-state index contributed by atoms with van der Waals surface area (Å²) in [5, 5.41) is 42.3. The number of nitrogens with one attached hydrogen (secondary N) is 2. The average molecular weight is 692 g/mol. The van der Waals surface area contributed by atoms with Crippen LogP contribution in [0, 0.1) is 0 Å². The monoisotopic (exact) mass is 691 g/mol. The van der Waals surface area contributed by atoms with Gasteiger partial charge in [-0.05, 0) is 37.6 Å². The number of carbonyl (C=O) groups excluding carboxylic acids is 3. The highest BCUT2D eigenvalue weighted by Crippen LogP contribution is 2.41. The van der Waals surface area contributed by atoms with Crippen molar-refractivity contribution in [2.45, 2.75) is 36.9 Å². The number of phenolic OH excluding ortho intramolecular Hbond substituents is 2. The molecule has 1 unspecified atom stereocenters. The van der Waals surface area contributed by atoms with Crippen molar-refractivity contribution in [1.82, 2.24) is 30.5 Å². The first-order valence-electron chi connectivity index (χ1n) is 14.3. The SMILES string of the molecule is CC(C)(ONC(C(=O)N[C@@H]1C(=O)N2C(C(=O)O)=C(CN3CCN(C(=O)c4ccc(O)c(O)c4)CC3)CS[C@H]12)c1csc(N)n1)C(=O)O. The minimum atomic E-state index is -1.71. The maximum absolute atomic E-state index is 13.4. The maximum atomic E-state index is 13.4. The smallest absolute Gasteiger partial charge is 0.352 e. The Morgan fingerprint density at radius 2 is 1.83 bits per heavy atom. The number of aromatic nitrogens is 1. The second kappa shape index (κ2) is 13.4. The number of aromatic hydroxyl groups is 2. The molecule has 3 amide bonds. The van der Waals surface area contributed by atoms with E-state index >= 15 is 0 Å². The zero-order chi connectivity index (χ0) is 34.2. The third-order valence-corrected chi connectivity index (χ3v) is 9.92. The molecule has 2 aromatic rings. The molecule has 252 valence electrons. The summed E-state index contributed by atoms with van der Waals surface area (Å²) < 4.78 is 0. The van der Waals surface area contributed by atoms with Crippen LogP contribution in [-0.2, 0) is 24.0 Å². The van der Waals surface area contributed by atoms with E-state index in [1.165, 1.54) is 49.2 Å². The van der Waals surface area contributed by atoms with E-state index in [2.05, 4.69) is 15.8 Å². The Kier molecular flexibility index (Phi) is 9.64. The Balaban J connectivity index is 1.23. The number of carboxylic acids is 2. The minimum absolute atomic E-state index is 0.141. The summed E-state index contributed by atoms with van der Waals surface area (Å²) >= 11 is 2.34. The number of anilines is 1. The topological polar surface area (TPSA) is 248 Å². The number of amides is 3. The fraction of sp³-hybridized carbons (Fsp3) is 0.429. The van der Waals surface area contributed by atoms with Crippen molar-refractivity contribution in [3.05, 3.63) is 46.1 Å². The fourth-order valence-corrected chi connectivity index (χ4v) is 7.11. The summed E-state index contributed by atoms with van der Waals surface area (Å²) in [7, 11) is 0. The third-order valence-electron chi connectivity index (χ3n) is 7.89. The van der Waals surface area contributed by atoms with Crippen LogP contribution >= 0.6 is 23.1 Å². The molecule has 3 aliphatic rings. The number of hydrogen-bond donors (Lipinski definition) is 7. The third kappa shape index (κ3) is 6.98. The van der Waals surface area contributed by atoms with Gasteiger partial charge in [0.25, 0.3) is 11.8 Å². The molecule has 19 heteroatoms. The number of β-lactam (4-membered cyclic amide) rings is 1. The molecule has 17 nitrogen and oxygen atoms in total. The van der Waals surface area contributed by atoms with E-state index in [0.29, 0.717) is 31.8 Å². The number of thioether (sulfide) groups is 1. The van der Waals surface area contributed by atoms with Crippen LogP contribution in [0.15, 0.2) is 34.8 Å². The van der Waals surface area contributed by atoms with Gasteiger partial charge in [0.15, 0.2) is 28.3 Å². The van der Waals surface area contributed by atoms with Crippen molar-refractivity contribution in [3.63, 3.8) is 0 Å². The van der Waals surface area contributed by atoms with Gasteiger partial charge < -0.3 is 36.4 Å². The molecule has 0 aliphatic carbocycles. The zero-order valence-electron chi connectivity index (χ0n) is 25.2. The highest BCUT2D eigenvalue weighted by molar-refractivity contribution is 8.00.